The summed E-state index contributed by atoms with van der Waals surface area (Å²) in [7, 11) is 4.04. The van der Waals surface area contributed by atoms with Gasteiger partial charge >= 0.3 is 0 Å². The zero-order chi connectivity index (χ0) is 23.0. The Bertz CT molecular complexity index is 1140. The van der Waals surface area contributed by atoms with Gasteiger partial charge in [0.25, 0.3) is 11.8 Å². The van der Waals surface area contributed by atoms with Gasteiger partial charge in [-0.15, -0.1) is 0 Å². The van der Waals surface area contributed by atoms with Crippen LogP contribution >= 0.6 is 0 Å². The van der Waals surface area contributed by atoms with Gasteiger partial charge in [0, 0.05) is 13.1 Å². The third-order valence-corrected chi connectivity index (χ3v) is 6.55. The molecule has 32 heavy (non-hydrogen) atoms. The molecule has 164 valence electrons. The minimum absolute atomic E-state index is 0.194. The van der Waals surface area contributed by atoms with Gasteiger partial charge in [0.15, 0.2) is 0 Å². The number of piperidine rings is 1. The summed E-state index contributed by atoms with van der Waals surface area (Å²) in [6.45, 7) is 5.91. The van der Waals surface area contributed by atoms with Crippen molar-refractivity contribution in [3.8, 4) is 6.07 Å². The molecule has 0 saturated carbocycles. The van der Waals surface area contributed by atoms with E-state index in [2.05, 4.69) is 18.0 Å². The lowest BCUT2D eigenvalue weighted by Gasteiger charge is -2.36. The van der Waals surface area contributed by atoms with E-state index < -0.39 is 0 Å². The third kappa shape index (κ3) is 3.80. The summed E-state index contributed by atoms with van der Waals surface area (Å²) in [5, 5.41) is 9.10. The molecule has 1 saturated heterocycles. The number of likely N-dealkylation sites (N-methyl/N-ethyl adjacent to an activating group) is 1. The van der Waals surface area contributed by atoms with Crippen LogP contribution in [-0.4, -0.2) is 54.8 Å². The molecule has 0 unspecified atom stereocenters. The smallest absolute Gasteiger partial charge is 0.282 e. The van der Waals surface area contributed by atoms with Crippen molar-refractivity contribution >= 4 is 23.1 Å². The molecule has 2 heterocycles. The maximum atomic E-state index is 13.7. The summed E-state index contributed by atoms with van der Waals surface area (Å²) >= 11 is 0. The predicted molar refractivity (Wildman–Crippen MR) is 125 cm³/mol. The Labute approximate surface area is 189 Å². The number of rotatable bonds is 4. The molecular formula is C26H28N4O2. The van der Waals surface area contributed by atoms with E-state index in [9.17, 15) is 9.59 Å². The summed E-state index contributed by atoms with van der Waals surface area (Å²) < 4.78 is 0. The van der Waals surface area contributed by atoms with Gasteiger partial charge in [0.05, 0.1) is 22.9 Å². The van der Waals surface area contributed by atoms with Gasteiger partial charge in [-0.3, -0.25) is 9.59 Å². The molecule has 0 radical (unpaired) electrons. The molecule has 0 aliphatic carbocycles. The number of anilines is 1. The van der Waals surface area contributed by atoms with Gasteiger partial charge in [0.1, 0.15) is 5.70 Å². The zero-order valence-corrected chi connectivity index (χ0v) is 19.1. The van der Waals surface area contributed by atoms with E-state index in [1.165, 1.54) is 4.90 Å². The van der Waals surface area contributed by atoms with Gasteiger partial charge in [-0.2, -0.15) is 5.26 Å². The molecule has 0 spiro atoms. The first-order chi connectivity index (χ1) is 15.3. The standard InChI is InChI=1S/C26H28N4O2/c1-17-5-10-22(18(2)15-17)23-24(29(4)20-11-13-28(3)14-12-20)26(32)30(25(23)31)21-8-6-19(16-27)7-9-21/h5-10,15,20H,11-14H2,1-4H3. The van der Waals surface area contributed by atoms with E-state index in [-0.39, 0.29) is 17.9 Å². The lowest BCUT2D eigenvalue weighted by molar-refractivity contribution is -0.120. The van der Waals surface area contributed by atoms with Crippen LogP contribution in [-0.2, 0) is 9.59 Å². The van der Waals surface area contributed by atoms with Gasteiger partial charge in [-0.05, 0) is 82.2 Å². The molecule has 0 bridgehead atoms. The van der Waals surface area contributed by atoms with E-state index >= 15 is 0 Å². The number of carbonyl (C=O) groups is 2. The quantitative estimate of drug-likeness (QED) is 0.698. The van der Waals surface area contributed by atoms with Crippen molar-refractivity contribution in [1.29, 1.82) is 5.26 Å². The summed E-state index contributed by atoms with van der Waals surface area (Å²) in [5.74, 6) is -0.627. The van der Waals surface area contributed by atoms with Gasteiger partial charge in [-0.1, -0.05) is 23.8 Å². The largest absolute Gasteiger partial charge is 0.366 e. The minimum atomic E-state index is -0.318. The summed E-state index contributed by atoms with van der Waals surface area (Å²) in [4.78, 5) is 33.0. The highest BCUT2D eigenvalue weighted by atomic mass is 16.2. The predicted octanol–water partition coefficient (Wildman–Crippen LogP) is 3.49. The van der Waals surface area contributed by atoms with Crippen LogP contribution < -0.4 is 4.90 Å². The molecular weight excluding hydrogens is 400 g/mol. The molecule has 6 heteroatoms. The lowest BCUT2D eigenvalue weighted by Crippen LogP contribution is -2.43. The van der Waals surface area contributed by atoms with Crippen molar-refractivity contribution in [3.05, 3.63) is 70.4 Å². The van der Waals surface area contributed by atoms with Crippen LogP contribution in [0.2, 0.25) is 0 Å². The Hall–Kier alpha value is -3.43. The number of carbonyl (C=O) groups excluding carboxylic acids is 2. The van der Waals surface area contributed by atoms with E-state index in [1.54, 1.807) is 24.3 Å². The van der Waals surface area contributed by atoms with Gasteiger partial charge < -0.3 is 9.80 Å². The Balaban J connectivity index is 1.81. The van der Waals surface area contributed by atoms with E-state index in [4.69, 9.17) is 5.26 Å². The Morgan fingerprint density at radius 2 is 1.66 bits per heavy atom. The number of imide groups is 1. The molecule has 0 atom stereocenters. The molecule has 4 rings (SSSR count). The Kier molecular flexibility index (Phi) is 5.86. The maximum absolute atomic E-state index is 13.7. The molecule has 2 aliphatic rings. The fourth-order valence-corrected chi connectivity index (χ4v) is 4.67. The van der Waals surface area contributed by atoms with E-state index in [0.717, 1.165) is 42.6 Å². The molecule has 2 amide bonds. The number of amides is 2. The summed E-state index contributed by atoms with van der Waals surface area (Å²) in [5.41, 5.74) is 4.75. The topological polar surface area (TPSA) is 67.7 Å². The van der Waals surface area contributed by atoms with Crippen molar-refractivity contribution in [1.82, 2.24) is 9.80 Å². The van der Waals surface area contributed by atoms with Crippen LogP contribution in [0.5, 0.6) is 0 Å². The number of hydrogen-bond donors (Lipinski definition) is 0. The number of hydrogen-bond acceptors (Lipinski definition) is 5. The van der Waals surface area contributed by atoms with Crippen molar-refractivity contribution < 1.29 is 9.59 Å². The zero-order valence-electron chi connectivity index (χ0n) is 19.1. The van der Waals surface area contributed by atoms with E-state index in [1.807, 2.05) is 44.0 Å². The van der Waals surface area contributed by atoms with Crippen LogP contribution in [0.15, 0.2) is 48.2 Å². The van der Waals surface area contributed by atoms with E-state index in [0.29, 0.717) is 22.5 Å². The highest BCUT2D eigenvalue weighted by Crippen LogP contribution is 2.37. The van der Waals surface area contributed by atoms with Crippen LogP contribution in [0, 0.1) is 25.2 Å². The summed E-state index contributed by atoms with van der Waals surface area (Å²) in [6.07, 6.45) is 1.88. The second kappa shape index (κ2) is 8.60. The normalized spacial score (nSPS) is 17.8. The van der Waals surface area contributed by atoms with Crippen LogP contribution in [0.3, 0.4) is 0 Å². The fraction of sp³-hybridized carbons (Fsp3) is 0.346. The SMILES string of the molecule is Cc1ccc(C2=C(N(C)C3CCN(C)CC3)C(=O)N(c3ccc(C#N)cc3)C2=O)c(C)c1. The Morgan fingerprint density at radius 1 is 1.00 bits per heavy atom. The maximum Gasteiger partial charge on any atom is 0.282 e. The second-order valence-electron chi connectivity index (χ2n) is 8.79. The van der Waals surface area contributed by atoms with Gasteiger partial charge in [-0.25, -0.2) is 4.90 Å². The first kappa shape index (κ1) is 21.8. The molecule has 2 aromatic rings. The monoisotopic (exact) mass is 428 g/mol. The molecule has 0 aromatic heterocycles. The molecule has 2 aromatic carbocycles. The number of likely N-dealkylation sites (tertiary alicyclic amines) is 1. The van der Waals surface area contributed by atoms with Crippen molar-refractivity contribution in [2.75, 3.05) is 32.1 Å². The lowest BCUT2D eigenvalue weighted by atomic mass is 9.96. The number of nitriles is 1. The second-order valence-corrected chi connectivity index (χ2v) is 8.79. The number of benzene rings is 2. The third-order valence-electron chi connectivity index (χ3n) is 6.55. The highest BCUT2D eigenvalue weighted by Gasteiger charge is 2.43. The van der Waals surface area contributed by atoms with Gasteiger partial charge in [0.2, 0.25) is 0 Å². The first-order valence-corrected chi connectivity index (χ1v) is 10.9. The minimum Gasteiger partial charge on any atom is -0.366 e. The molecule has 2 aliphatic heterocycles. The van der Waals surface area contributed by atoms with Crippen LogP contribution in [0.1, 0.15) is 35.1 Å². The van der Waals surface area contributed by atoms with Crippen LogP contribution in [0.4, 0.5) is 5.69 Å². The molecule has 1 fully saturated rings. The number of aryl methyl sites for hydroxylation is 2. The summed E-state index contributed by atoms with van der Waals surface area (Å²) in [6, 6.07) is 14.8. The highest BCUT2D eigenvalue weighted by molar-refractivity contribution is 6.45. The van der Waals surface area contributed by atoms with Crippen molar-refractivity contribution in [2.24, 2.45) is 0 Å². The molecule has 0 N–H and O–H groups in total. The number of nitrogens with zero attached hydrogens (tertiary/aromatic N) is 4. The van der Waals surface area contributed by atoms with Crippen LogP contribution in [0.25, 0.3) is 5.57 Å². The van der Waals surface area contributed by atoms with Crippen molar-refractivity contribution in [2.45, 2.75) is 32.7 Å². The average Bonchev–Trinajstić information content (AvgIpc) is 3.04. The Morgan fingerprint density at radius 3 is 2.25 bits per heavy atom. The van der Waals surface area contributed by atoms with Crippen molar-refractivity contribution in [3.63, 3.8) is 0 Å². The fourth-order valence-electron chi connectivity index (χ4n) is 4.67. The molecule has 6 nitrogen and oxygen atoms in total. The first-order valence-electron chi connectivity index (χ1n) is 10.9. The average molecular weight is 429 g/mol.